The zero-order valence-electron chi connectivity index (χ0n) is 13.6. The van der Waals surface area contributed by atoms with Crippen molar-refractivity contribution in [1.82, 2.24) is 4.98 Å². The van der Waals surface area contributed by atoms with Gasteiger partial charge in [0.05, 0.1) is 25.9 Å². The second-order valence-corrected chi connectivity index (χ2v) is 4.75. The molecule has 0 spiro atoms. The second-order valence-electron chi connectivity index (χ2n) is 4.75. The zero-order chi connectivity index (χ0) is 17.8. The van der Waals surface area contributed by atoms with Gasteiger partial charge in [-0.25, -0.2) is 4.98 Å². The zero-order valence-corrected chi connectivity index (χ0v) is 13.6. The second kappa shape index (κ2) is 11.4. The van der Waals surface area contributed by atoms with Crippen LogP contribution < -0.4 is 15.2 Å². The van der Waals surface area contributed by atoms with Crippen LogP contribution in [0.1, 0.15) is 0 Å². The number of para-hydroxylation sites is 1. The van der Waals surface area contributed by atoms with E-state index in [-0.39, 0.29) is 18.8 Å². The van der Waals surface area contributed by atoms with Crippen LogP contribution in [0.5, 0.6) is 5.88 Å². The molecular formula is C16H23BN2O5. The molecule has 1 aromatic carbocycles. The number of benzene rings is 1. The van der Waals surface area contributed by atoms with Gasteiger partial charge in [0.15, 0.2) is 0 Å². The fourth-order valence-electron chi connectivity index (χ4n) is 1.94. The molecule has 0 amide bonds. The summed E-state index contributed by atoms with van der Waals surface area (Å²) in [5, 5.41) is 35.0. The Hall–Kier alpha value is -2.13. The van der Waals surface area contributed by atoms with Crippen molar-refractivity contribution in [3.8, 4) is 5.88 Å². The lowest BCUT2D eigenvalue weighted by Crippen LogP contribution is -2.32. The summed E-state index contributed by atoms with van der Waals surface area (Å²) in [5.74, 6) is 0.371. The van der Waals surface area contributed by atoms with Gasteiger partial charge < -0.3 is 29.9 Å². The van der Waals surface area contributed by atoms with Crippen molar-refractivity contribution < 1.29 is 25.0 Å². The molecule has 2 rings (SSSR count). The monoisotopic (exact) mass is 334 g/mol. The molecule has 7 nitrogen and oxygen atoms in total. The summed E-state index contributed by atoms with van der Waals surface area (Å²) in [5.41, 5.74) is 1.22. The highest BCUT2D eigenvalue weighted by Gasteiger charge is 2.12. The summed E-state index contributed by atoms with van der Waals surface area (Å²) in [4.78, 5) is 5.71. The fraction of sp³-hybridized carbons (Fsp3) is 0.312. The summed E-state index contributed by atoms with van der Waals surface area (Å²) in [6.07, 6.45) is 0. The number of aromatic nitrogens is 1. The first-order valence-corrected chi connectivity index (χ1v) is 7.51. The van der Waals surface area contributed by atoms with Gasteiger partial charge in [-0.15, -0.1) is 0 Å². The Morgan fingerprint density at radius 3 is 2.08 bits per heavy atom. The molecule has 2 aromatic rings. The number of nitrogens with zero attached hydrogens (tertiary/aromatic N) is 2. The maximum Gasteiger partial charge on any atom is 0.508 e. The highest BCUT2D eigenvalue weighted by molar-refractivity contribution is 6.57. The number of anilines is 1. The molecule has 1 aromatic heterocycles. The quantitative estimate of drug-likeness (QED) is 0.494. The van der Waals surface area contributed by atoms with Gasteiger partial charge in [0.2, 0.25) is 5.88 Å². The maximum atomic E-state index is 8.80. The van der Waals surface area contributed by atoms with Gasteiger partial charge in [-0.3, -0.25) is 0 Å². The minimum Gasteiger partial charge on any atom is -0.481 e. The molecule has 0 atom stereocenters. The summed E-state index contributed by atoms with van der Waals surface area (Å²) < 4.78 is 4.77. The Labute approximate surface area is 141 Å². The standard InChI is InChI=1S/C10H15NO2.C6H8BNO3/c12-8-6-11(7-9-13)10-4-2-1-3-5-10;1-11-6-4-2-3-5(8-6)7(9)10/h1-5,12-13H,6-9H2;2-4,9-10H,1H3. The molecule has 0 aliphatic heterocycles. The van der Waals surface area contributed by atoms with Crippen molar-refractivity contribution in [3.63, 3.8) is 0 Å². The van der Waals surface area contributed by atoms with Crippen molar-refractivity contribution in [1.29, 1.82) is 0 Å². The molecule has 1 heterocycles. The largest absolute Gasteiger partial charge is 0.508 e. The summed E-state index contributed by atoms with van der Waals surface area (Å²) in [6, 6.07) is 14.5. The summed E-state index contributed by atoms with van der Waals surface area (Å²) >= 11 is 0. The molecule has 130 valence electrons. The summed E-state index contributed by atoms with van der Waals surface area (Å²) in [7, 11) is -0.0688. The van der Waals surface area contributed by atoms with Crippen molar-refractivity contribution in [2.24, 2.45) is 0 Å². The molecule has 0 bridgehead atoms. The average Bonchev–Trinajstić information content (AvgIpc) is 2.63. The predicted molar refractivity (Wildman–Crippen MR) is 93.4 cm³/mol. The molecule has 0 saturated carbocycles. The van der Waals surface area contributed by atoms with E-state index >= 15 is 0 Å². The van der Waals surface area contributed by atoms with Crippen LogP contribution in [0, 0.1) is 0 Å². The van der Waals surface area contributed by atoms with E-state index in [0.29, 0.717) is 19.0 Å². The van der Waals surface area contributed by atoms with Crippen LogP contribution in [0.3, 0.4) is 0 Å². The van der Waals surface area contributed by atoms with Crippen LogP contribution in [-0.4, -0.2) is 65.8 Å². The van der Waals surface area contributed by atoms with Gasteiger partial charge in [0.1, 0.15) is 0 Å². The SMILES string of the molecule is COc1cccc(B(O)O)n1.OCCN(CCO)c1ccccc1. The Balaban J connectivity index is 0.000000243. The third-order valence-corrected chi connectivity index (χ3v) is 3.08. The van der Waals surface area contributed by atoms with E-state index in [0.717, 1.165) is 5.69 Å². The van der Waals surface area contributed by atoms with E-state index in [1.807, 2.05) is 35.2 Å². The average molecular weight is 334 g/mol. The molecule has 0 aliphatic carbocycles. The number of methoxy groups -OCH3 is 1. The van der Waals surface area contributed by atoms with Gasteiger partial charge >= 0.3 is 7.12 Å². The highest BCUT2D eigenvalue weighted by atomic mass is 16.5. The van der Waals surface area contributed by atoms with Crippen molar-refractivity contribution in [2.75, 3.05) is 38.3 Å². The van der Waals surface area contributed by atoms with Gasteiger partial charge in [0, 0.05) is 24.8 Å². The molecule has 0 aliphatic rings. The first-order valence-electron chi connectivity index (χ1n) is 7.51. The molecule has 0 saturated heterocycles. The van der Waals surface area contributed by atoms with Crippen molar-refractivity contribution in [2.45, 2.75) is 0 Å². The number of aliphatic hydroxyl groups is 2. The van der Waals surface area contributed by atoms with Gasteiger partial charge in [-0.1, -0.05) is 24.3 Å². The lowest BCUT2D eigenvalue weighted by atomic mass is 9.86. The molecule has 0 unspecified atom stereocenters. The van der Waals surface area contributed by atoms with E-state index in [9.17, 15) is 0 Å². The lowest BCUT2D eigenvalue weighted by Gasteiger charge is -2.22. The number of rotatable bonds is 7. The minimum atomic E-state index is -1.54. The van der Waals surface area contributed by atoms with Crippen LogP contribution in [0.15, 0.2) is 48.5 Å². The fourth-order valence-corrected chi connectivity index (χ4v) is 1.94. The molecule has 4 N–H and O–H groups in total. The van der Waals surface area contributed by atoms with Crippen LogP contribution >= 0.6 is 0 Å². The van der Waals surface area contributed by atoms with Crippen molar-refractivity contribution in [3.05, 3.63) is 48.5 Å². The van der Waals surface area contributed by atoms with E-state index in [1.165, 1.54) is 13.2 Å². The number of ether oxygens (including phenoxy) is 1. The molecule has 0 fully saturated rings. The van der Waals surface area contributed by atoms with Crippen LogP contribution in [0.2, 0.25) is 0 Å². The van der Waals surface area contributed by atoms with E-state index in [1.54, 1.807) is 12.1 Å². The highest BCUT2D eigenvalue weighted by Crippen LogP contribution is 2.11. The normalized spacial score (nSPS) is 9.71. The number of hydrogen-bond donors (Lipinski definition) is 4. The number of aliphatic hydroxyl groups excluding tert-OH is 2. The molecule has 0 radical (unpaired) electrons. The molecule has 8 heteroatoms. The maximum absolute atomic E-state index is 8.80. The topological polar surface area (TPSA) is 106 Å². The third-order valence-electron chi connectivity index (χ3n) is 3.08. The predicted octanol–water partition coefficient (Wildman–Crippen LogP) is -0.752. The minimum absolute atomic E-state index is 0.106. The van der Waals surface area contributed by atoms with Crippen LogP contribution in [0.25, 0.3) is 0 Å². The van der Waals surface area contributed by atoms with Crippen LogP contribution in [0.4, 0.5) is 5.69 Å². The third kappa shape index (κ3) is 6.97. The van der Waals surface area contributed by atoms with E-state index in [4.69, 9.17) is 25.0 Å². The summed E-state index contributed by atoms with van der Waals surface area (Å²) in [6.45, 7) is 1.33. The van der Waals surface area contributed by atoms with E-state index in [2.05, 4.69) is 4.98 Å². The van der Waals surface area contributed by atoms with Crippen molar-refractivity contribution >= 4 is 18.4 Å². The first-order chi connectivity index (χ1) is 11.6. The molecular weight excluding hydrogens is 311 g/mol. The molecule has 24 heavy (non-hydrogen) atoms. The smallest absolute Gasteiger partial charge is 0.481 e. The van der Waals surface area contributed by atoms with E-state index < -0.39 is 7.12 Å². The first kappa shape index (κ1) is 19.9. The number of hydrogen-bond acceptors (Lipinski definition) is 7. The lowest BCUT2D eigenvalue weighted by molar-refractivity contribution is 0.281. The number of pyridine rings is 1. The van der Waals surface area contributed by atoms with Gasteiger partial charge in [-0.2, -0.15) is 0 Å². The Morgan fingerprint density at radius 2 is 1.58 bits per heavy atom. The Morgan fingerprint density at radius 1 is 0.958 bits per heavy atom. The van der Waals surface area contributed by atoms with Crippen LogP contribution in [-0.2, 0) is 0 Å². The van der Waals surface area contributed by atoms with Gasteiger partial charge in [0.25, 0.3) is 0 Å². The van der Waals surface area contributed by atoms with Gasteiger partial charge in [-0.05, 0) is 18.2 Å². The Kier molecular flexibility index (Phi) is 9.48. The Bertz CT molecular complexity index is 565.